The molecule has 0 saturated carbocycles. The zero-order valence-electron chi connectivity index (χ0n) is 19.2. The molecule has 0 aliphatic carbocycles. The Morgan fingerprint density at radius 1 is 1.24 bits per heavy atom. The summed E-state index contributed by atoms with van der Waals surface area (Å²) in [7, 11) is 1.61. The van der Waals surface area contributed by atoms with Crippen LogP contribution in [0.5, 0.6) is 5.75 Å². The van der Waals surface area contributed by atoms with Gasteiger partial charge < -0.3 is 14.9 Å². The van der Waals surface area contributed by atoms with Crippen molar-refractivity contribution in [1.82, 2.24) is 14.9 Å². The summed E-state index contributed by atoms with van der Waals surface area (Å²) in [5.74, 6) is 5.70. The van der Waals surface area contributed by atoms with Crippen LogP contribution in [0.3, 0.4) is 0 Å². The summed E-state index contributed by atoms with van der Waals surface area (Å²) in [6.07, 6.45) is 6.31. The lowest BCUT2D eigenvalue weighted by Crippen LogP contribution is -2.44. The van der Waals surface area contributed by atoms with E-state index in [2.05, 4.69) is 26.7 Å². The van der Waals surface area contributed by atoms with E-state index in [1.165, 1.54) is 0 Å². The summed E-state index contributed by atoms with van der Waals surface area (Å²) in [5, 5.41) is 21.7. The van der Waals surface area contributed by atoms with E-state index in [0.717, 1.165) is 35.0 Å². The Balaban J connectivity index is 1.38. The second-order valence-corrected chi connectivity index (χ2v) is 8.64. The van der Waals surface area contributed by atoms with Crippen molar-refractivity contribution < 1.29 is 19.7 Å². The van der Waals surface area contributed by atoms with Gasteiger partial charge in [0.1, 0.15) is 5.75 Å². The molecule has 1 aliphatic heterocycles. The molecule has 1 fully saturated rings. The van der Waals surface area contributed by atoms with Crippen molar-refractivity contribution in [3.8, 4) is 17.6 Å². The molecule has 34 heavy (non-hydrogen) atoms. The van der Waals surface area contributed by atoms with Gasteiger partial charge in [0.15, 0.2) is 0 Å². The molecule has 7 nitrogen and oxygen atoms in total. The number of nitrogens with zero attached hydrogens (tertiary/aromatic N) is 3. The van der Waals surface area contributed by atoms with Crippen molar-refractivity contribution in [2.45, 2.75) is 25.4 Å². The highest BCUT2D eigenvalue weighted by molar-refractivity contribution is 5.83. The van der Waals surface area contributed by atoms with Crippen LogP contribution in [-0.2, 0) is 4.79 Å². The molecule has 3 heterocycles. The fourth-order valence-electron chi connectivity index (χ4n) is 4.62. The molecule has 4 rings (SSSR count). The van der Waals surface area contributed by atoms with Crippen LogP contribution in [0.2, 0.25) is 0 Å². The van der Waals surface area contributed by atoms with Gasteiger partial charge in [-0.25, -0.2) is 0 Å². The molecule has 3 aromatic rings. The largest absolute Gasteiger partial charge is 0.497 e. The number of piperidine rings is 1. The van der Waals surface area contributed by atoms with Gasteiger partial charge in [0, 0.05) is 36.1 Å². The lowest BCUT2D eigenvalue weighted by Gasteiger charge is -2.36. The van der Waals surface area contributed by atoms with E-state index in [4.69, 9.17) is 4.74 Å². The van der Waals surface area contributed by atoms with Crippen molar-refractivity contribution in [3.05, 3.63) is 66.1 Å². The maximum atomic E-state index is 12.0. The average molecular weight is 460 g/mol. The summed E-state index contributed by atoms with van der Waals surface area (Å²) in [6, 6.07) is 11.1. The van der Waals surface area contributed by atoms with E-state index in [0.29, 0.717) is 31.7 Å². The number of ether oxygens (including phenoxy) is 1. The number of pyridine rings is 2. The van der Waals surface area contributed by atoms with Gasteiger partial charge in [-0.3, -0.25) is 19.7 Å². The highest BCUT2D eigenvalue weighted by Crippen LogP contribution is 2.33. The maximum absolute atomic E-state index is 12.0. The number of fused-ring (bicyclic) bond motifs is 1. The number of rotatable bonds is 7. The van der Waals surface area contributed by atoms with Crippen LogP contribution < -0.4 is 4.74 Å². The van der Waals surface area contributed by atoms with Crippen molar-refractivity contribution in [3.63, 3.8) is 0 Å². The number of benzene rings is 1. The number of aliphatic hydroxyl groups is 1. The Bertz CT molecular complexity index is 1190. The zero-order valence-corrected chi connectivity index (χ0v) is 19.2. The predicted octanol–water partition coefficient (Wildman–Crippen LogP) is 3.53. The number of carbonyl (C=O) groups is 1. The Labute approximate surface area is 199 Å². The number of hydrogen-bond donors (Lipinski definition) is 2. The minimum Gasteiger partial charge on any atom is -0.497 e. The fraction of sp³-hybridized carbons (Fsp3) is 0.370. The van der Waals surface area contributed by atoms with Gasteiger partial charge in [0.25, 0.3) is 0 Å². The zero-order chi connectivity index (χ0) is 23.9. The average Bonchev–Trinajstić information content (AvgIpc) is 2.87. The smallest absolute Gasteiger partial charge is 0.308 e. The number of likely N-dealkylation sites (tertiary alicyclic amines) is 1. The maximum Gasteiger partial charge on any atom is 0.308 e. The van der Waals surface area contributed by atoms with E-state index in [1.807, 2.05) is 36.4 Å². The van der Waals surface area contributed by atoms with Crippen molar-refractivity contribution in [2.24, 2.45) is 11.8 Å². The molecule has 2 aromatic heterocycles. The lowest BCUT2D eigenvalue weighted by atomic mass is 9.81. The predicted molar refractivity (Wildman–Crippen MR) is 129 cm³/mol. The Kier molecular flexibility index (Phi) is 7.73. The van der Waals surface area contributed by atoms with Crippen LogP contribution in [0, 0.1) is 23.7 Å². The topological polar surface area (TPSA) is 95.8 Å². The third kappa shape index (κ3) is 5.71. The number of carboxylic acid groups (broad SMARTS) is 1. The first kappa shape index (κ1) is 23.7. The van der Waals surface area contributed by atoms with Crippen LogP contribution in [0.15, 0.2) is 55.0 Å². The minimum atomic E-state index is -0.787. The highest BCUT2D eigenvalue weighted by atomic mass is 16.5. The van der Waals surface area contributed by atoms with E-state index in [-0.39, 0.29) is 5.92 Å². The van der Waals surface area contributed by atoms with Crippen LogP contribution in [-0.4, -0.2) is 57.8 Å². The number of methoxy groups -OCH3 is 1. The molecular weight excluding hydrogens is 430 g/mol. The Morgan fingerprint density at radius 3 is 2.82 bits per heavy atom. The van der Waals surface area contributed by atoms with Gasteiger partial charge in [-0.1, -0.05) is 11.8 Å². The van der Waals surface area contributed by atoms with Gasteiger partial charge in [0.05, 0.1) is 31.2 Å². The van der Waals surface area contributed by atoms with E-state index < -0.39 is 18.0 Å². The van der Waals surface area contributed by atoms with Crippen LogP contribution in [0.1, 0.15) is 36.5 Å². The second kappa shape index (κ2) is 11.1. The molecule has 0 spiro atoms. The lowest BCUT2D eigenvalue weighted by molar-refractivity contribution is -0.146. The van der Waals surface area contributed by atoms with Gasteiger partial charge in [-0.15, -0.1) is 0 Å². The molecule has 1 aliphatic rings. The first-order chi connectivity index (χ1) is 16.5. The van der Waals surface area contributed by atoms with Gasteiger partial charge >= 0.3 is 5.97 Å². The highest BCUT2D eigenvalue weighted by Gasteiger charge is 2.34. The number of hydrogen-bond acceptors (Lipinski definition) is 6. The van der Waals surface area contributed by atoms with Gasteiger partial charge in [-0.2, -0.15) is 0 Å². The molecule has 176 valence electrons. The van der Waals surface area contributed by atoms with E-state index in [1.54, 1.807) is 25.7 Å². The normalized spacial score (nSPS) is 19.2. The quantitative estimate of drug-likeness (QED) is 0.522. The third-order valence-electron chi connectivity index (χ3n) is 6.53. The molecule has 7 heteroatoms. The third-order valence-corrected chi connectivity index (χ3v) is 6.53. The Morgan fingerprint density at radius 2 is 2.06 bits per heavy atom. The van der Waals surface area contributed by atoms with Crippen LogP contribution in [0.25, 0.3) is 10.9 Å². The first-order valence-electron chi connectivity index (χ1n) is 11.5. The number of aliphatic hydroxyl groups excluding tert-OH is 1. The van der Waals surface area contributed by atoms with Crippen molar-refractivity contribution in [1.29, 1.82) is 0 Å². The summed E-state index contributed by atoms with van der Waals surface area (Å²) in [5.41, 5.74) is 2.48. The molecule has 0 amide bonds. The fourth-order valence-corrected chi connectivity index (χ4v) is 4.62. The minimum absolute atomic E-state index is 0.0131. The molecule has 0 unspecified atom stereocenters. The monoisotopic (exact) mass is 459 g/mol. The summed E-state index contributed by atoms with van der Waals surface area (Å²) in [4.78, 5) is 22.5. The molecule has 0 radical (unpaired) electrons. The van der Waals surface area contributed by atoms with Crippen LogP contribution in [0.4, 0.5) is 0 Å². The van der Waals surface area contributed by atoms with Gasteiger partial charge in [0.2, 0.25) is 0 Å². The molecule has 1 aromatic carbocycles. The van der Waals surface area contributed by atoms with Crippen LogP contribution >= 0.6 is 0 Å². The molecular formula is C27H29N3O4. The van der Waals surface area contributed by atoms with Crippen molar-refractivity contribution >= 4 is 16.9 Å². The molecule has 2 N–H and O–H groups in total. The summed E-state index contributed by atoms with van der Waals surface area (Å²) in [6.45, 7) is 1.80. The van der Waals surface area contributed by atoms with Crippen molar-refractivity contribution in [2.75, 3.05) is 26.7 Å². The standard InChI is InChI=1S/C27H29N3O4/c1-34-21-5-6-25-23(17-21)22(10-14-29-25)26(31)7-4-20-11-16-30(18-24(20)27(32)33)15-2-3-19-8-12-28-13-9-19/h5-6,8-10,12-14,17,20,24,26,31H,4,7,11,15-16,18H2,1H3,(H,32,33)/t20-,24+,26-/m1/s1. The SMILES string of the molecule is COc1ccc2nccc([C@H](O)CC[C@@H]3CCN(CC#Cc4ccncc4)C[C@@H]3C(=O)O)c2c1. The van der Waals surface area contributed by atoms with E-state index in [9.17, 15) is 15.0 Å². The first-order valence-corrected chi connectivity index (χ1v) is 11.5. The molecule has 1 saturated heterocycles. The molecule has 0 bridgehead atoms. The second-order valence-electron chi connectivity index (χ2n) is 8.64. The Hall–Kier alpha value is -3.47. The number of aliphatic carboxylic acids is 1. The summed E-state index contributed by atoms with van der Waals surface area (Å²) >= 11 is 0. The number of aromatic nitrogens is 2. The number of carboxylic acids is 1. The van der Waals surface area contributed by atoms with Gasteiger partial charge in [-0.05, 0) is 73.7 Å². The van der Waals surface area contributed by atoms with E-state index >= 15 is 0 Å². The summed E-state index contributed by atoms with van der Waals surface area (Å²) < 4.78 is 5.32. The molecule has 3 atom stereocenters.